The Hall–Kier alpha value is -5.87. The Morgan fingerprint density at radius 3 is 1.33 bits per heavy atom. The maximum Gasteiger partial charge on any atom is 0.246 e. The molecule has 0 aromatic rings. The van der Waals surface area contributed by atoms with Crippen LogP contribution in [0.15, 0.2) is 0 Å². The minimum Gasteiger partial charge on any atom is -0.390 e. The lowest BCUT2D eigenvalue weighted by atomic mass is 9.88. The average molecular weight is 1220 g/mol. The van der Waals surface area contributed by atoms with E-state index in [-0.39, 0.29) is 61.7 Å². The fourth-order valence-corrected chi connectivity index (χ4v) is 11.2. The summed E-state index contributed by atoms with van der Waals surface area (Å²) in [5.74, 6) is -9.23. The number of aliphatic hydroxyl groups is 1. The van der Waals surface area contributed by atoms with Gasteiger partial charge in [0, 0.05) is 49.3 Å². The zero-order valence-corrected chi connectivity index (χ0v) is 57.2. The summed E-state index contributed by atoms with van der Waals surface area (Å²) in [4.78, 5) is 169. The smallest absolute Gasteiger partial charge is 0.246 e. The zero-order chi connectivity index (χ0) is 66.8. The first kappa shape index (κ1) is 78.1. The van der Waals surface area contributed by atoms with Crippen LogP contribution in [0.5, 0.6) is 0 Å². The number of nitrogens with one attached hydrogen (secondary N) is 4. The molecule has 0 aliphatic carbocycles. The first-order valence-corrected chi connectivity index (χ1v) is 31.3. The van der Waals surface area contributed by atoms with E-state index in [9.17, 15) is 48.3 Å². The highest BCUT2D eigenvalue weighted by atomic mass is 16.3. The molecule has 5 N–H and O–H groups in total. The molecule has 0 aromatic heterocycles. The molecule has 1 aliphatic heterocycles. The molecule has 1 heterocycles. The lowest BCUT2D eigenvalue weighted by Crippen LogP contribution is -2.63. The summed E-state index contributed by atoms with van der Waals surface area (Å²) in [7, 11) is 9.98. The van der Waals surface area contributed by atoms with Gasteiger partial charge >= 0.3 is 0 Å². The number of aliphatic hydroxyl groups excluding tert-OH is 1. The number of hydrogen-bond acceptors (Lipinski definition) is 12. The van der Waals surface area contributed by atoms with E-state index in [1.807, 2.05) is 69.2 Å². The van der Waals surface area contributed by atoms with E-state index in [0.29, 0.717) is 12.8 Å². The van der Waals surface area contributed by atoms with E-state index in [2.05, 4.69) is 21.3 Å². The molecule has 0 unspecified atom stereocenters. The Morgan fingerprint density at radius 2 is 0.872 bits per heavy atom. The Kier molecular flexibility index (Phi) is 32.0. The van der Waals surface area contributed by atoms with Crippen LogP contribution in [0.25, 0.3) is 0 Å². The predicted molar refractivity (Wildman–Crippen MR) is 333 cm³/mol. The van der Waals surface area contributed by atoms with Crippen molar-refractivity contribution in [3.8, 4) is 0 Å². The highest BCUT2D eigenvalue weighted by Gasteiger charge is 2.46. The molecule has 1 rings (SSSR count). The summed E-state index contributed by atoms with van der Waals surface area (Å²) < 4.78 is 0. The van der Waals surface area contributed by atoms with Crippen molar-refractivity contribution in [3.05, 3.63) is 0 Å². The number of amides is 11. The third-order valence-corrected chi connectivity index (χ3v) is 16.5. The van der Waals surface area contributed by atoms with Crippen molar-refractivity contribution in [2.45, 2.75) is 236 Å². The number of hydrogen-bond donors (Lipinski definition) is 5. The molecule has 12 atom stereocenters. The van der Waals surface area contributed by atoms with Gasteiger partial charge in [0.25, 0.3) is 0 Å². The second kappa shape index (κ2) is 35.2. The standard InChI is InChI=1S/C63H115N11O12/c1-26-44-59(82)68(19)33-49(75)69(20)46(30-36(6)7)56(79)67-50(39(12)13)62(85)70(21)45(28-27-34(2)3)55(78)64-42(17)54(77)65-43(18)58(81)71(22)47(31-37(8)9)60(83)72(23)48(32-38(10)11)61(84)73(24)51(40(14)15)63(86)74(25)52(57(80)66-44)53(76)41(16)29-35(4)5/h34-48,50-53,76H,26-33H2,1-25H3,(H,64,78)(H,65,77)(H,66,80)(H,67,79)/t41-,42+,43-,44+,45+,46+,47+,48+,50+,51+,52+,53-/m1/s1. The van der Waals surface area contributed by atoms with Crippen LogP contribution in [-0.4, -0.2) is 227 Å². The van der Waals surface area contributed by atoms with Gasteiger partial charge in [-0.15, -0.1) is 0 Å². The number of likely N-dealkylation sites (N-methyl/N-ethyl adjacent to an activating group) is 7. The van der Waals surface area contributed by atoms with E-state index in [1.165, 1.54) is 87.7 Å². The monoisotopic (exact) mass is 1220 g/mol. The minimum absolute atomic E-state index is 0.0305. The van der Waals surface area contributed by atoms with Crippen LogP contribution in [0, 0.1) is 47.3 Å². The molecule has 1 fully saturated rings. The Morgan fingerprint density at radius 1 is 0.430 bits per heavy atom. The average Bonchev–Trinajstić information content (AvgIpc) is 2.20. The zero-order valence-electron chi connectivity index (χ0n) is 57.2. The van der Waals surface area contributed by atoms with E-state index in [1.54, 1.807) is 41.5 Å². The van der Waals surface area contributed by atoms with Crippen LogP contribution < -0.4 is 21.3 Å². The van der Waals surface area contributed by atoms with Crippen molar-refractivity contribution in [3.63, 3.8) is 0 Å². The minimum atomic E-state index is -1.59. The summed E-state index contributed by atoms with van der Waals surface area (Å²) in [6.45, 7) is 31.8. The van der Waals surface area contributed by atoms with Crippen molar-refractivity contribution in [1.29, 1.82) is 0 Å². The number of nitrogens with zero attached hydrogens (tertiary/aromatic N) is 7. The van der Waals surface area contributed by atoms with Crippen molar-refractivity contribution in [1.82, 2.24) is 55.6 Å². The molecule has 1 aliphatic rings. The lowest BCUT2D eigenvalue weighted by molar-refractivity contribution is -0.157. The van der Waals surface area contributed by atoms with Crippen LogP contribution in [-0.2, 0) is 52.7 Å². The third-order valence-electron chi connectivity index (χ3n) is 16.5. The first-order chi connectivity index (χ1) is 39.6. The molecule has 0 bridgehead atoms. The van der Waals surface area contributed by atoms with Gasteiger partial charge in [-0.1, -0.05) is 111 Å². The van der Waals surface area contributed by atoms with E-state index in [4.69, 9.17) is 0 Å². The van der Waals surface area contributed by atoms with Crippen LogP contribution in [0.4, 0.5) is 0 Å². The van der Waals surface area contributed by atoms with Gasteiger partial charge < -0.3 is 60.7 Å². The molecule has 0 radical (unpaired) electrons. The molecular formula is C63H115N11O12. The molecule has 0 saturated carbocycles. The van der Waals surface area contributed by atoms with Gasteiger partial charge in [-0.2, -0.15) is 0 Å². The predicted octanol–water partition coefficient (Wildman–Crippen LogP) is 3.74. The molecule has 86 heavy (non-hydrogen) atoms. The third kappa shape index (κ3) is 22.1. The highest BCUT2D eigenvalue weighted by Crippen LogP contribution is 2.26. The Balaban J connectivity index is 4.33. The highest BCUT2D eigenvalue weighted by molar-refractivity contribution is 5.99. The molecule has 494 valence electrons. The second-order valence-corrected chi connectivity index (χ2v) is 27.3. The molecule has 23 nitrogen and oxygen atoms in total. The molecule has 1 saturated heterocycles. The van der Waals surface area contributed by atoms with Gasteiger partial charge in [0.15, 0.2) is 0 Å². The second-order valence-electron chi connectivity index (χ2n) is 27.3. The number of carbonyl (C=O) groups excluding carboxylic acids is 11. The Labute approximate surface area is 515 Å². The van der Waals surface area contributed by atoms with Crippen molar-refractivity contribution < 1.29 is 57.8 Å². The maximum absolute atomic E-state index is 15.2. The van der Waals surface area contributed by atoms with Gasteiger partial charge in [0.2, 0.25) is 65.0 Å². The normalized spacial score (nSPS) is 26.7. The largest absolute Gasteiger partial charge is 0.390 e. The molecule has 0 spiro atoms. The van der Waals surface area contributed by atoms with Crippen LogP contribution in [0.2, 0.25) is 0 Å². The summed E-state index contributed by atoms with van der Waals surface area (Å²) in [5, 5.41) is 23.2. The van der Waals surface area contributed by atoms with Crippen molar-refractivity contribution >= 4 is 65.0 Å². The Bertz CT molecular complexity index is 2310. The fourth-order valence-electron chi connectivity index (χ4n) is 11.2. The SMILES string of the molecule is CC[C@@H]1NC(=O)[C@H]([C@H](O)[C@H](C)CC(C)C)N(C)C(=O)[C@H](C(C)C)N(C)C(=O)[C@H](CC(C)C)N(C)C(=O)[C@H](CC(C)C)N(C)C(=O)[C@@H](C)NC(=O)[C@H](C)NC(=O)[C@H](CCC(C)C)N(C)C(=O)[C@H](C(C)C)NC(=O)[C@H](CC(C)C)N(C)C(=O)CN(C)C1=O. The molecule has 0 aromatic carbocycles. The fraction of sp³-hybridized carbons (Fsp3) is 0.825. The van der Waals surface area contributed by atoms with Gasteiger partial charge in [0.05, 0.1) is 12.6 Å². The van der Waals surface area contributed by atoms with E-state index >= 15 is 9.59 Å². The summed E-state index contributed by atoms with van der Waals surface area (Å²) >= 11 is 0. The summed E-state index contributed by atoms with van der Waals surface area (Å²) in [6.07, 6.45) is 0.177. The summed E-state index contributed by atoms with van der Waals surface area (Å²) in [5.41, 5.74) is 0. The molecular weight excluding hydrogens is 1100 g/mol. The van der Waals surface area contributed by atoms with Crippen LogP contribution in [0.3, 0.4) is 0 Å². The quantitative estimate of drug-likeness (QED) is 0.148. The van der Waals surface area contributed by atoms with Crippen molar-refractivity contribution in [2.75, 3.05) is 55.9 Å². The van der Waals surface area contributed by atoms with Gasteiger partial charge in [0.1, 0.15) is 60.4 Å². The number of carbonyl (C=O) groups is 11. The summed E-state index contributed by atoms with van der Waals surface area (Å²) in [6, 6.07) is -12.3. The van der Waals surface area contributed by atoms with Gasteiger partial charge in [-0.25, -0.2) is 0 Å². The van der Waals surface area contributed by atoms with E-state index < -0.39 is 156 Å². The topological polar surface area (TPSA) is 279 Å². The number of rotatable bonds is 16. The first-order valence-electron chi connectivity index (χ1n) is 31.3. The molecule has 23 heteroatoms. The van der Waals surface area contributed by atoms with E-state index in [0.717, 1.165) is 9.80 Å². The maximum atomic E-state index is 15.2. The van der Waals surface area contributed by atoms with Gasteiger partial charge in [-0.3, -0.25) is 52.7 Å². The van der Waals surface area contributed by atoms with Crippen LogP contribution >= 0.6 is 0 Å². The van der Waals surface area contributed by atoms with Gasteiger partial charge in [-0.05, 0) is 106 Å². The lowest BCUT2D eigenvalue weighted by Gasteiger charge is -2.41. The molecule has 11 amide bonds. The van der Waals surface area contributed by atoms with Crippen LogP contribution in [0.1, 0.15) is 170 Å². The van der Waals surface area contributed by atoms with Crippen molar-refractivity contribution in [2.24, 2.45) is 47.3 Å².